The Labute approximate surface area is 162 Å². The van der Waals surface area contributed by atoms with E-state index in [0.29, 0.717) is 22.0 Å². The molecule has 1 fully saturated rings. The van der Waals surface area contributed by atoms with E-state index in [9.17, 15) is 4.79 Å². The third-order valence-corrected chi connectivity index (χ3v) is 5.27. The van der Waals surface area contributed by atoms with Crippen molar-refractivity contribution in [3.63, 3.8) is 0 Å². The highest BCUT2D eigenvalue weighted by atomic mass is 35.5. The van der Waals surface area contributed by atoms with Crippen molar-refractivity contribution < 1.29 is 4.79 Å². The van der Waals surface area contributed by atoms with Gasteiger partial charge >= 0.3 is 0 Å². The molecule has 4 aromatic rings. The van der Waals surface area contributed by atoms with Crippen LogP contribution in [0.5, 0.6) is 0 Å². The Balaban J connectivity index is 1.58. The summed E-state index contributed by atoms with van der Waals surface area (Å²) in [6.45, 7) is 0. The predicted octanol–water partition coefficient (Wildman–Crippen LogP) is 2.84. The molecule has 0 bridgehead atoms. The van der Waals surface area contributed by atoms with Crippen LogP contribution in [0.1, 0.15) is 11.6 Å². The van der Waals surface area contributed by atoms with Gasteiger partial charge in [0.25, 0.3) is 5.91 Å². The molecule has 0 saturated carbocycles. The smallest absolute Gasteiger partial charge is 0.262 e. The van der Waals surface area contributed by atoms with Crippen molar-refractivity contribution in [1.82, 2.24) is 30.0 Å². The SMILES string of the molecule is O=C1C(Cl)C(c2ccccc2Cl)N1Nc1nc2ccccc2n2nnnc12. The van der Waals surface area contributed by atoms with Crippen molar-refractivity contribution in [2.75, 3.05) is 5.43 Å². The minimum Gasteiger partial charge on any atom is -0.275 e. The molecular formula is C17H11Cl2N7O. The zero-order chi connectivity index (χ0) is 18.5. The summed E-state index contributed by atoms with van der Waals surface area (Å²) in [5.74, 6) is 0.0786. The second-order valence-electron chi connectivity index (χ2n) is 6.05. The number of aromatic nitrogens is 5. The molecule has 27 heavy (non-hydrogen) atoms. The highest BCUT2D eigenvalue weighted by molar-refractivity contribution is 6.35. The first kappa shape index (κ1) is 16.2. The highest BCUT2D eigenvalue weighted by Gasteiger charge is 2.48. The average Bonchev–Trinajstić information content (AvgIpc) is 3.19. The standard InChI is InChI=1S/C17H11Cl2N7O/c18-10-6-2-1-5-9(10)14-13(19)17(27)26(14)22-15-16-21-23-24-25(16)12-8-4-3-7-11(12)20-15/h1-8,13-14H,(H,20,22). The number of hydrazine groups is 1. The van der Waals surface area contributed by atoms with Crippen molar-refractivity contribution in [2.24, 2.45) is 0 Å². The molecule has 10 heteroatoms. The summed E-state index contributed by atoms with van der Waals surface area (Å²) in [5, 5.41) is 13.0. The van der Waals surface area contributed by atoms with Crippen LogP contribution in [-0.2, 0) is 4.79 Å². The molecule has 2 aromatic heterocycles. The van der Waals surface area contributed by atoms with Crippen molar-refractivity contribution in [1.29, 1.82) is 0 Å². The lowest BCUT2D eigenvalue weighted by molar-refractivity contribution is -0.143. The van der Waals surface area contributed by atoms with Gasteiger partial charge in [-0.05, 0) is 34.2 Å². The number of carbonyl (C=O) groups excluding carboxylic acids is 1. The third-order valence-electron chi connectivity index (χ3n) is 4.50. The number of carbonyl (C=O) groups is 1. The molecule has 2 unspecified atom stereocenters. The van der Waals surface area contributed by atoms with Crippen molar-refractivity contribution in [3.8, 4) is 0 Å². The monoisotopic (exact) mass is 399 g/mol. The van der Waals surface area contributed by atoms with E-state index in [2.05, 4.69) is 25.9 Å². The van der Waals surface area contributed by atoms with Gasteiger partial charge in [0, 0.05) is 5.02 Å². The van der Waals surface area contributed by atoms with Gasteiger partial charge in [-0.1, -0.05) is 41.9 Å². The number of alkyl halides is 1. The molecule has 1 aliphatic heterocycles. The van der Waals surface area contributed by atoms with Crippen LogP contribution in [0.2, 0.25) is 5.02 Å². The number of hydrogen-bond acceptors (Lipinski definition) is 6. The summed E-state index contributed by atoms with van der Waals surface area (Å²) >= 11 is 12.6. The first-order valence-corrected chi connectivity index (χ1v) is 8.91. The molecule has 0 radical (unpaired) electrons. The van der Waals surface area contributed by atoms with Crippen LogP contribution in [0.4, 0.5) is 5.82 Å². The van der Waals surface area contributed by atoms with E-state index in [1.54, 1.807) is 10.6 Å². The number of tetrazole rings is 1. The normalized spacial score (nSPS) is 19.5. The fourth-order valence-electron chi connectivity index (χ4n) is 3.18. The van der Waals surface area contributed by atoms with Crippen LogP contribution in [0, 0.1) is 0 Å². The van der Waals surface area contributed by atoms with Gasteiger partial charge in [0.15, 0.2) is 5.82 Å². The first-order chi connectivity index (χ1) is 13.1. The first-order valence-electron chi connectivity index (χ1n) is 8.10. The molecule has 1 N–H and O–H groups in total. The van der Waals surface area contributed by atoms with Gasteiger partial charge in [0.1, 0.15) is 11.4 Å². The van der Waals surface area contributed by atoms with Crippen LogP contribution in [0.25, 0.3) is 16.7 Å². The summed E-state index contributed by atoms with van der Waals surface area (Å²) in [5.41, 5.74) is 5.62. The quantitative estimate of drug-likeness (QED) is 0.420. The Hall–Kier alpha value is -2.97. The highest BCUT2D eigenvalue weighted by Crippen LogP contribution is 2.41. The fraction of sp³-hybridized carbons (Fsp3) is 0.118. The Morgan fingerprint density at radius 2 is 1.85 bits per heavy atom. The number of rotatable bonds is 3. The minimum atomic E-state index is -0.718. The summed E-state index contributed by atoms with van der Waals surface area (Å²) < 4.78 is 1.57. The summed E-state index contributed by atoms with van der Waals surface area (Å²) in [6.07, 6.45) is 0. The second kappa shape index (κ2) is 6.04. The van der Waals surface area contributed by atoms with Gasteiger partial charge in [-0.15, -0.1) is 16.7 Å². The molecule has 1 aliphatic rings. The summed E-state index contributed by atoms with van der Waals surface area (Å²) in [7, 11) is 0. The second-order valence-corrected chi connectivity index (χ2v) is 6.93. The maximum absolute atomic E-state index is 12.4. The van der Waals surface area contributed by atoms with E-state index in [-0.39, 0.29) is 5.91 Å². The van der Waals surface area contributed by atoms with E-state index in [4.69, 9.17) is 23.2 Å². The van der Waals surface area contributed by atoms with E-state index in [1.165, 1.54) is 5.01 Å². The summed E-state index contributed by atoms with van der Waals surface area (Å²) in [4.78, 5) is 17.0. The van der Waals surface area contributed by atoms with E-state index >= 15 is 0 Å². The number of benzene rings is 2. The lowest BCUT2D eigenvalue weighted by Crippen LogP contribution is -2.58. The molecule has 134 valence electrons. The molecule has 0 aliphatic carbocycles. The van der Waals surface area contributed by atoms with Gasteiger partial charge in [-0.2, -0.15) is 4.52 Å². The number of nitrogens with zero attached hydrogens (tertiary/aromatic N) is 6. The maximum Gasteiger partial charge on any atom is 0.262 e. The van der Waals surface area contributed by atoms with Crippen LogP contribution < -0.4 is 5.43 Å². The van der Waals surface area contributed by atoms with Crippen LogP contribution >= 0.6 is 23.2 Å². The number of β-lactam (4-membered cyclic amide) rings is 1. The lowest BCUT2D eigenvalue weighted by atomic mass is 9.95. The Morgan fingerprint density at radius 3 is 2.70 bits per heavy atom. The van der Waals surface area contributed by atoms with Crippen molar-refractivity contribution in [3.05, 3.63) is 59.1 Å². The Morgan fingerprint density at radius 1 is 1.07 bits per heavy atom. The average molecular weight is 400 g/mol. The maximum atomic E-state index is 12.4. The Bertz CT molecular complexity index is 1190. The van der Waals surface area contributed by atoms with Gasteiger partial charge in [0.05, 0.1) is 11.0 Å². The number of anilines is 1. The van der Waals surface area contributed by atoms with E-state index < -0.39 is 11.4 Å². The van der Waals surface area contributed by atoms with Gasteiger partial charge in [-0.3, -0.25) is 10.2 Å². The fourth-order valence-corrected chi connectivity index (χ4v) is 3.79. The molecule has 8 nitrogen and oxygen atoms in total. The minimum absolute atomic E-state index is 0.276. The lowest BCUT2D eigenvalue weighted by Gasteiger charge is -2.44. The number of nitrogens with one attached hydrogen (secondary N) is 1. The van der Waals surface area contributed by atoms with Gasteiger partial charge in [-0.25, -0.2) is 9.99 Å². The van der Waals surface area contributed by atoms with Crippen LogP contribution in [0.15, 0.2) is 48.5 Å². The molecule has 1 amide bonds. The van der Waals surface area contributed by atoms with Gasteiger partial charge < -0.3 is 0 Å². The van der Waals surface area contributed by atoms with Crippen molar-refractivity contribution >= 4 is 51.6 Å². The zero-order valence-corrected chi connectivity index (χ0v) is 15.1. The van der Waals surface area contributed by atoms with E-state index in [1.807, 2.05) is 42.5 Å². The molecule has 2 aromatic carbocycles. The molecule has 1 saturated heterocycles. The molecule has 5 rings (SSSR count). The summed E-state index contributed by atoms with van der Waals surface area (Å²) in [6, 6.07) is 14.3. The van der Waals surface area contributed by atoms with E-state index in [0.717, 1.165) is 11.1 Å². The number of amides is 1. The molecule has 2 atom stereocenters. The largest absolute Gasteiger partial charge is 0.275 e. The zero-order valence-electron chi connectivity index (χ0n) is 13.6. The van der Waals surface area contributed by atoms with Gasteiger partial charge in [0.2, 0.25) is 5.65 Å². The number of para-hydroxylation sites is 2. The molecule has 3 heterocycles. The van der Waals surface area contributed by atoms with Crippen molar-refractivity contribution in [2.45, 2.75) is 11.4 Å². The topological polar surface area (TPSA) is 88.3 Å². The number of fused-ring (bicyclic) bond motifs is 3. The van der Waals surface area contributed by atoms with Crippen LogP contribution in [0.3, 0.4) is 0 Å². The number of hydrogen-bond donors (Lipinski definition) is 1. The van der Waals surface area contributed by atoms with Crippen LogP contribution in [-0.4, -0.2) is 41.3 Å². The molecular weight excluding hydrogens is 389 g/mol. The number of halogens is 2. The molecule has 0 spiro atoms. The third kappa shape index (κ3) is 2.41. The Kier molecular flexibility index (Phi) is 3.63. The predicted molar refractivity (Wildman–Crippen MR) is 100 cm³/mol.